The molecule has 0 saturated heterocycles. The van der Waals surface area contributed by atoms with Crippen molar-refractivity contribution in [3.63, 3.8) is 0 Å². The number of hydrogen-bond donors (Lipinski definition) is 1. The average molecular weight is 377 g/mol. The number of aromatic nitrogens is 1. The zero-order chi connectivity index (χ0) is 15.3. The van der Waals surface area contributed by atoms with Crippen LogP contribution in [0.2, 0.25) is 0 Å². The van der Waals surface area contributed by atoms with E-state index < -0.39 is 11.7 Å². The molecule has 0 spiro atoms. The number of alkyl halides is 3. The summed E-state index contributed by atoms with van der Waals surface area (Å²) in [5.41, 5.74) is 0.277. The topological polar surface area (TPSA) is 24.9 Å². The minimum absolute atomic E-state index is 0.584. The molecule has 7 heteroatoms. The largest absolute Gasteiger partial charge is 0.417 e. The summed E-state index contributed by atoms with van der Waals surface area (Å²) in [4.78, 5) is 3.81. The predicted octanol–water partition coefficient (Wildman–Crippen LogP) is 5.07. The second-order valence-electron chi connectivity index (χ2n) is 4.17. The highest BCUT2D eigenvalue weighted by Gasteiger charge is 2.30. The van der Waals surface area contributed by atoms with E-state index >= 15 is 0 Å². The van der Waals surface area contributed by atoms with Crippen LogP contribution in [0.5, 0.6) is 0 Å². The Morgan fingerprint density at radius 2 is 1.81 bits per heavy atom. The summed E-state index contributed by atoms with van der Waals surface area (Å²) in [5, 5.41) is 3.81. The molecule has 0 aliphatic heterocycles. The van der Waals surface area contributed by atoms with Crippen molar-refractivity contribution < 1.29 is 13.2 Å². The zero-order valence-corrected chi connectivity index (χ0v) is 13.2. The van der Waals surface area contributed by atoms with Gasteiger partial charge < -0.3 is 5.32 Å². The zero-order valence-electron chi connectivity index (χ0n) is 10.8. The van der Waals surface area contributed by atoms with Crippen molar-refractivity contribution in [2.75, 3.05) is 17.6 Å². The Bertz CT molecular complexity index is 570. The van der Waals surface area contributed by atoms with Gasteiger partial charge in [0, 0.05) is 28.7 Å². The third-order valence-electron chi connectivity index (χ3n) is 2.59. The van der Waals surface area contributed by atoms with Crippen LogP contribution >= 0.6 is 27.7 Å². The summed E-state index contributed by atoms with van der Waals surface area (Å²) >= 11 is 4.77. The van der Waals surface area contributed by atoms with E-state index in [1.807, 2.05) is 24.3 Å². The van der Waals surface area contributed by atoms with E-state index in [-0.39, 0.29) is 0 Å². The van der Waals surface area contributed by atoms with Gasteiger partial charge in [-0.1, -0.05) is 15.9 Å². The fourth-order valence-corrected chi connectivity index (χ4v) is 2.52. The fourth-order valence-electron chi connectivity index (χ4n) is 1.55. The van der Waals surface area contributed by atoms with E-state index in [1.165, 1.54) is 17.8 Å². The van der Waals surface area contributed by atoms with Crippen LogP contribution in [0.1, 0.15) is 5.56 Å². The van der Waals surface area contributed by atoms with Crippen molar-refractivity contribution in [1.82, 2.24) is 4.98 Å². The Morgan fingerprint density at radius 3 is 2.38 bits per heavy atom. The third kappa shape index (κ3) is 5.24. The van der Waals surface area contributed by atoms with Crippen LogP contribution in [0.25, 0.3) is 0 Å². The van der Waals surface area contributed by atoms with Crippen molar-refractivity contribution in [3.8, 4) is 0 Å². The number of nitrogens with one attached hydrogen (secondary N) is 1. The van der Waals surface area contributed by atoms with Crippen molar-refractivity contribution in [2.24, 2.45) is 0 Å². The molecule has 2 rings (SSSR count). The molecule has 0 aliphatic carbocycles. The summed E-state index contributed by atoms with van der Waals surface area (Å²) in [6.45, 7) is 0.703. The second-order valence-corrected chi connectivity index (χ2v) is 6.20. The summed E-state index contributed by atoms with van der Waals surface area (Å²) in [7, 11) is 0. The molecule has 2 nitrogen and oxygen atoms in total. The highest BCUT2D eigenvalue weighted by molar-refractivity contribution is 9.10. The number of anilines is 1. The SMILES string of the molecule is FC(F)(F)c1ccc(SCCNc2ccc(Br)cc2)nc1. The smallest absolute Gasteiger partial charge is 0.384 e. The van der Waals surface area contributed by atoms with Crippen LogP contribution < -0.4 is 5.32 Å². The molecule has 0 aliphatic rings. The molecule has 21 heavy (non-hydrogen) atoms. The summed E-state index contributed by atoms with van der Waals surface area (Å²) < 4.78 is 38.2. The van der Waals surface area contributed by atoms with Crippen LogP contribution in [-0.4, -0.2) is 17.3 Å². The van der Waals surface area contributed by atoms with Gasteiger partial charge in [-0.25, -0.2) is 4.98 Å². The van der Waals surface area contributed by atoms with E-state index in [4.69, 9.17) is 0 Å². The second kappa shape index (κ2) is 7.17. The molecule has 1 aromatic carbocycles. The van der Waals surface area contributed by atoms with Gasteiger partial charge in [0.25, 0.3) is 0 Å². The highest BCUT2D eigenvalue weighted by Crippen LogP contribution is 2.29. The first-order valence-corrected chi connectivity index (χ1v) is 7.88. The van der Waals surface area contributed by atoms with Gasteiger partial charge in [0.05, 0.1) is 10.6 Å². The number of hydrogen-bond acceptors (Lipinski definition) is 3. The van der Waals surface area contributed by atoms with Crippen molar-refractivity contribution in [1.29, 1.82) is 0 Å². The first-order valence-electron chi connectivity index (χ1n) is 6.10. The lowest BCUT2D eigenvalue weighted by atomic mass is 10.3. The Morgan fingerprint density at radius 1 is 1.10 bits per heavy atom. The standard InChI is InChI=1S/C14H12BrF3N2S/c15-11-2-4-12(5-3-11)19-7-8-21-13-6-1-10(9-20-13)14(16,17)18/h1-6,9,19H,7-8H2. The predicted molar refractivity (Wildman–Crippen MR) is 82.6 cm³/mol. The number of pyridine rings is 1. The molecule has 1 heterocycles. The van der Waals surface area contributed by atoms with Gasteiger partial charge in [-0.05, 0) is 36.4 Å². The number of rotatable bonds is 5. The van der Waals surface area contributed by atoms with Crippen LogP contribution in [0.15, 0.2) is 52.1 Å². The van der Waals surface area contributed by atoms with Crippen LogP contribution in [0.3, 0.4) is 0 Å². The minimum Gasteiger partial charge on any atom is -0.384 e. The molecule has 2 aromatic rings. The molecule has 0 unspecified atom stereocenters. The Kier molecular flexibility index (Phi) is 5.52. The molecular weight excluding hydrogens is 365 g/mol. The molecule has 0 amide bonds. The molecule has 0 radical (unpaired) electrons. The lowest BCUT2D eigenvalue weighted by Crippen LogP contribution is -2.06. The molecule has 0 bridgehead atoms. The number of benzene rings is 1. The first-order chi connectivity index (χ1) is 9.95. The monoisotopic (exact) mass is 376 g/mol. The number of nitrogens with zero attached hydrogens (tertiary/aromatic N) is 1. The van der Waals surface area contributed by atoms with Crippen molar-refractivity contribution >= 4 is 33.4 Å². The Hall–Kier alpha value is -1.21. The molecule has 0 saturated carbocycles. The first kappa shape index (κ1) is 16.2. The van der Waals surface area contributed by atoms with E-state index in [0.29, 0.717) is 17.3 Å². The van der Waals surface area contributed by atoms with Crippen LogP contribution in [0.4, 0.5) is 18.9 Å². The quantitative estimate of drug-likeness (QED) is 0.582. The highest BCUT2D eigenvalue weighted by atomic mass is 79.9. The normalized spacial score (nSPS) is 11.4. The van der Waals surface area contributed by atoms with E-state index in [2.05, 4.69) is 26.2 Å². The van der Waals surface area contributed by atoms with Gasteiger partial charge >= 0.3 is 6.18 Å². The number of halogens is 4. The van der Waals surface area contributed by atoms with Crippen LogP contribution in [0, 0.1) is 0 Å². The summed E-state index contributed by atoms with van der Waals surface area (Å²) in [6, 6.07) is 10.2. The third-order valence-corrected chi connectivity index (χ3v) is 4.06. The molecule has 1 aromatic heterocycles. The van der Waals surface area contributed by atoms with E-state index in [9.17, 15) is 13.2 Å². The maximum Gasteiger partial charge on any atom is 0.417 e. The molecule has 0 atom stereocenters. The Balaban J connectivity index is 1.77. The van der Waals surface area contributed by atoms with E-state index in [1.54, 1.807) is 0 Å². The van der Waals surface area contributed by atoms with Gasteiger partial charge in [0.2, 0.25) is 0 Å². The van der Waals surface area contributed by atoms with Gasteiger partial charge in [-0.3, -0.25) is 0 Å². The lowest BCUT2D eigenvalue weighted by molar-refractivity contribution is -0.137. The van der Waals surface area contributed by atoms with Gasteiger partial charge in [0.1, 0.15) is 0 Å². The maximum absolute atomic E-state index is 12.4. The van der Waals surface area contributed by atoms with Crippen molar-refractivity contribution in [2.45, 2.75) is 11.2 Å². The number of thioether (sulfide) groups is 1. The average Bonchev–Trinajstić information content (AvgIpc) is 2.45. The lowest BCUT2D eigenvalue weighted by Gasteiger charge is -2.08. The van der Waals surface area contributed by atoms with Gasteiger partial charge in [-0.2, -0.15) is 13.2 Å². The molecular formula is C14H12BrF3N2S. The Labute approximate surface area is 133 Å². The van der Waals surface area contributed by atoms with Gasteiger partial charge in [0.15, 0.2) is 0 Å². The molecule has 0 fully saturated rings. The summed E-state index contributed by atoms with van der Waals surface area (Å²) in [6.07, 6.45) is -3.47. The minimum atomic E-state index is -4.33. The van der Waals surface area contributed by atoms with Crippen LogP contribution in [-0.2, 0) is 6.18 Å². The summed E-state index contributed by atoms with van der Waals surface area (Å²) in [5.74, 6) is 0.717. The molecule has 1 N–H and O–H groups in total. The van der Waals surface area contributed by atoms with Crippen molar-refractivity contribution in [3.05, 3.63) is 52.6 Å². The fraction of sp³-hybridized carbons (Fsp3) is 0.214. The maximum atomic E-state index is 12.4. The molecule has 112 valence electrons. The van der Waals surface area contributed by atoms with E-state index in [0.717, 1.165) is 22.4 Å². The van der Waals surface area contributed by atoms with Gasteiger partial charge in [-0.15, -0.1) is 11.8 Å².